The van der Waals surface area contributed by atoms with Crippen LogP contribution in [0.1, 0.15) is 33.6 Å². The minimum atomic E-state index is -0.884. The molecule has 2 heterocycles. The second-order valence-corrected chi connectivity index (χ2v) is 6.73. The number of urea groups is 1. The smallest absolute Gasteiger partial charge is 0.326 e. The van der Waals surface area contributed by atoms with E-state index in [4.69, 9.17) is 0 Å². The van der Waals surface area contributed by atoms with Gasteiger partial charge >= 0.3 is 12.0 Å². The van der Waals surface area contributed by atoms with Crippen LogP contribution in [0.15, 0.2) is 0 Å². The Morgan fingerprint density at radius 1 is 1.10 bits per heavy atom. The molecule has 2 aliphatic heterocycles. The van der Waals surface area contributed by atoms with E-state index in [1.807, 2.05) is 4.90 Å². The number of piperidine rings is 1. The number of rotatable bonds is 1. The molecule has 0 aromatic carbocycles. The SMILES string of the molecule is CC1CCN(C(=O)N2CC(C)N(C)C(C)C2)C(C(=O)O)C1. The summed E-state index contributed by atoms with van der Waals surface area (Å²) in [6.07, 6.45) is 1.44. The number of nitrogens with zero attached hydrogens (tertiary/aromatic N) is 3. The van der Waals surface area contributed by atoms with Crippen molar-refractivity contribution in [3.63, 3.8) is 0 Å². The number of carboxylic acid groups (broad SMARTS) is 1. The molecule has 6 heteroatoms. The zero-order valence-electron chi connectivity index (χ0n) is 13.5. The molecule has 21 heavy (non-hydrogen) atoms. The van der Waals surface area contributed by atoms with E-state index in [0.29, 0.717) is 44.1 Å². The highest BCUT2D eigenvalue weighted by molar-refractivity contribution is 5.83. The fourth-order valence-corrected chi connectivity index (χ4v) is 3.35. The number of aliphatic carboxylic acids is 1. The third-order valence-electron chi connectivity index (χ3n) is 5.03. The van der Waals surface area contributed by atoms with Crippen LogP contribution in [-0.4, -0.2) is 76.6 Å². The number of piperazine rings is 1. The van der Waals surface area contributed by atoms with Crippen molar-refractivity contribution in [2.75, 3.05) is 26.7 Å². The van der Waals surface area contributed by atoms with Crippen LogP contribution in [0.4, 0.5) is 4.79 Å². The van der Waals surface area contributed by atoms with Gasteiger partial charge in [0.05, 0.1) is 0 Å². The lowest BCUT2D eigenvalue weighted by Gasteiger charge is -2.45. The first-order chi connectivity index (χ1) is 9.81. The molecule has 0 aromatic rings. The van der Waals surface area contributed by atoms with Gasteiger partial charge in [-0.2, -0.15) is 0 Å². The van der Waals surface area contributed by atoms with Crippen LogP contribution in [-0.2, 0) is 4.79 Å². The first-order valence-corrected chi connectivity index (χ1v) is 7.81. The number of carboxylic acids is 1. The molecule has 2 rings (SSSR count). The van der Waals surface area contributed by atoms with Gasteiger partial charge in [0.25, 0.3) is 0 Å². The summed E-state index contributed by atoms with van der Waals surface area (Å²) in [5.74, 6) is -0.523. The molecule has 0 aromatic heterocycles. The molecule has 2 fully saturated rings. The van der Waals surface area contributed by atoms with Gasteiger partial charge in [-0.3, -0.25) is 4.90 Å². The minimum Gasteiger partial charge on any atom is -0.480 e. The van der Waals surface area contributed by atoms with Gasteiger partial charge in [0.1, 0.15) is 6.04 Å². The molecule has 120 valence electrons. The van der Waals surface area contributed by atoms with Crippen molar-refractivity contribution in [1.29, 1.82) is 0 Å². The monoisotopic (exact) mass is 297 g/mol. The Morgan fingerprint density at radius 3 is 2.19 bits per heavy atom. The summed E-state index contributed by atoms with van der Waals surface area (Å²) in [5.41, 5.74) is 0. The highest BCUT2D eigenvalue weighted by Gasteiger charge is 2.39. The van der Waals surface area contributed by atoms with E-state index in [1.54, 1.807) is 4.90 Å². The van der Waals surface area contributed by atoms with Crippen molar-refractivity contribution in [2.24, 2.45) is 5.92 Å². The van der Waals surface area contributed by atoms with Gasteiger partial charge in [-0.05, 0) is 39.7 Å². The van der Waals surface area contributed by atoms with Crippen molar-refractivity contribution in [3.05, 3.63) is 0 Å². The van der Waals surface area contributed by atoms with Crippen molar-refractivity contribution in [1.82, 2.24) is 14.7 Å². The van der Waals surface area contributed by atoms with E-state index in [9.17, 15) is 14.7 Å². The van der Waals surface area contributed by atoms with Crippen LogP contribution in [0.2, 0.25) is 0 Å². The van der Waals surface area contributed by atoms with E-state index in [0.717, 1.165) is 6.42 Å². The maximum Gasteiger partial charge on any atom is 0.326 e. The zero-order chi connectivity index (χ0) is 15.7. The van der Waals surface area contributed by atoms with Crippen LogP contribution >= 0.6 is 0 Å². The van der Waals surface area contributed by atoms with Crippen LogP contribution in [0.25, 0.3) is 0 Å². The first kappa shape index (κ1) is 16.1. The average Bonchev–Trinajstić information content (AvgIpc) is 2.43. The molecule has 0 saturated carbocycles. The van der Waals surface area contributed by atoms with Crippen LogP contribution in [0.3, 0.4) is 0 Å². The van der Waals surface area contributed by atoms with Crippen molar-refractivity contribution in [3.8, 4) is 0 Å². The Hall–Kier alpha value is -1.30. The quantitative estimate of drug-likeness (QED) is 0.793. The Labute approximate surface area is 126 Å². The van der Waals surface area contributed by atoms with Crippen molar-refractivity contribution >= 4 is 12.0 Å². The number of hydrogen-bond donors (Lipinski definition) is 1. The number of carbonyl (C=O) groups is 2. The third kappa shape index (κ3) is 3.31. The molecule has 0 bridgehead atoms. The largest absolute Gasteiger partial charge is 0.480 e. The fourth-order valence-electron chi connectivity index (χ4n) is 3.35. The van der Waals surface area contributed by atoms with Gasteiger partial charge < -0.3 is 14.9 Å². The van der Waals surface area contributed by atoms with Crippen molar-refractivity contribution in [2.45, 2.75) is 51.7 Å². The van der Waals surface area contributed by atoms with Gasteiger partial charge in [-0.1, -0.05) is 6.92 Å². The number of amides is 2. The molecule has 1 N–H and O–H groups in total. The predicted octanol–water partition coefficient (Wildman–Crippen LogP) is 1.32. The van der Waals surface area contributed by atoms with Gasteiger partial charge in [0.2, 0.25) is 0 Å². The van der Waals surface area contributed by atoms with Crippen LogP contribution < -0.4 is 0 Å². The molecule has 2 saturated heterocycles. The summed E-state index contributed by atoms with van der Waals surface area (Å²) in [4.78, 5) is 29.8. The number of carbonyl (C=O) groups excluding carboxylic acids is 1. The maximum absolute atomic E-state index is 12.7. The molecule has 6 nitrogen and oxygen atoms in total. The Kier molecular flexibility index (Phi) is 4.76. The lowest BCUT2D eigenvalue weighted by molar-refractivity contribution is -0.144. The Balaban J connectivity index is 2.09. The normalized spacial score (nSPS) is 34.9. The van der Waals surface area contributed by atoms with Gasteiger partial charge in [-0.15, -0.1) is 0 Å². The fraction of sp³-hybridized carbons (Fsp3) is 0.867. The van der Waals surface area contributed by atoms with E-state index >= 15 is 0 Å². The van der Waals surface area contributed by atoms with Crippen LogP contribution in [0.5, 0.6) is 0 Å². The molecule has 4 unspecified atom stereocenters. The third-order valence-corrected chi connectivity index (χ3v) is 5.03. The highest BCUT2D eigenvalue weighted by Crippen LogP contribution is 2.25. The molecular weight excluding hydrogens is 270 g/mol. The minimum absolute atomic E-state index is 0.110. The molecular formula is C15H27N3O3. The van der Waals surface area contributed by atoms with Gasteiger partial charge in [0.15, 0.2) is 0 Å². The summed E-state index contributed by atoms with van der Waals surface area (Å²) < 4.78 is 0. The van der Waals surface area contributed by atoms with E-state index < -0.39 is 12.0 Å². The lowest BCUT2D eigenvalue weighted by atomic mass is 9.92. The number of hydrogen-bond acceptors (Lipinski definition) is 3. The van der Waals surface area contributed by atoms with E-state index in [1.165, 1.54) is 0 Å². The van der Waals surface area contributed by atoms with E-state index in [-0.39, 0.29) is 6.03 Å². The second kappa shape index (κ2) is 6.22. The molecule has 0 radical (unpaired) electrons. The summed E-state index contributed by atoms with van der Waals surface area (Å²) in [5, 5.41) is 9.40. The number of likely N-dealkylation sites (tertiary alicyclic amines) is 1. The maximum atomic E-state index is 12.7. The molecule has 0 spiro atoms. The average molecular weight is 297 g/mol. The Morgan fingerprint density at radius 2 is 1.67 bits per heavy atom. The zero-order valence-corrected chi connectivity index (χ0v) is 13.5. The highest BCUT2D eigenvalue weighted by atomic mass is 16.4. The summed E-state index contributed by atoms with van der Waals surface area (Å²) >= 11 is 0. The molecule has 2 aliphatic rings. The van der Waals surface area contributed by atoms with Crippen LogP contribution in [0, 0.1) is 5.92 Å². The number of likely N-dealkylation sites (N-methyl/N-ethyl adjacent to an activating group) is 1. The lowest BCUT2D eigenvalue weighted by Crippen LogP contribution is -2.61. The van der Waals surface area contributed by atoms with E-state index in [2.05, 4.69) is 32.7 Å². The molecule has 0 aliphatic carbocycles. The second-order valence-electron chi connectivity index (χ2n) is 6.73. The molecule has 4 atom stereocenters. The summed E-state index contributed by atoms with van der Waals surface area (Å²) in [7, 11) is 2.07. The predicted molar refractivity (Wildman–Crippen MR) is 80.2 cm³/mol. The summed E-state index contributed by atoms with van der Waals surface area (Å²) in [6, 6.07) is -0.193. The topological polar surface area (TPSA) is 64.1 Å². The van der Waals surface area contributed by atoms with Gasteiger partial charge in [0, 0.05) is 31.7 Å². The summed E-state index contributed by atoms with van der Waals surface area (Å²) in [6.45, 7) is 8.13. The first-order valence-electron chi connectivity index (χ1n) is 7.81. The standard InChI is InChI=1S/C15H27N3O3/c1-10-5-6-18(13(7-10)14(19)20)15(21)17-8-11(2)16(4)12(3)9-17/h10-13H,5-9H2,1-4H3,(H,19,20). The van der Waals surface area contributed by atoms with Crippen molar-refractivity contribution < 1.29 is 14.7 Å². The Bertz CT molecular complexity index is 403. The van der Waals surface area contributed by atoms with Gasteiger partial charge in [-0.25, -0.2) is 9.59 Å². The molecule has 2 amide bonds.